The summed E-state index contributed by atoms with van der Waals surface area (Å²) in [6.45, 7) is 2.18. The Morgan fingerprint density at radius 1 is 1.16 bits per heavy atom. The average Bonchev–Trinajstić information content (AvgIpc) is 3.40. The van der Waals surface area contributed by atoms with Crippen LogP contribution < -0.4 is 10.0 Å². The number of halogens is 3. The van der Waals surface area contributed by atoms with Gasteiger partial charge in [-0.2, -0.15) is 0 Å². The summed E-state index contributed by atoms with van der Waals surface area (Å²) >= 11 is 0. The fraction of sp³-hybridized carbons (Fsp3) is 0.409. The van der Waals surface area contributed by atoms with Crippen molar-refractivity contribution in [3.05, 3.63) is 59.4 Å². The Balaban J connectivity index is 1.69. The van der Waals surface area contributed by atoms with Crippen LogP contribution in [0, 0.1) is 23.4 Å². The maximum Gasteiger partial charge on any atom is 0.317 e. The Bertz CT molecular complexity index is 1140. The Morgan fingerprint density at radius 2 is 1.84 bits per heavy atom. The summed E-state index contributed by atoms with van der Waals surface area (Å²) in [6, 6.07) is 5.74. The molecule has 1 saturated heterocycles. The molecule has 2 fully saturated rings. The number of hydrogen-bond acceptors (Lipinski definition) is 3. The molecule has 1 saturated carbocycles. The molecule has 4 rings (SSSR count). The second-order valence-electron chi connectivity index (χ2n) is 8.33. The lowest BCUT2D eigenvalue weighted by Crippen LogP contribution is -2.53. The summed E-state index contributed by atoms with van der Waals surface area (Å²) in [5.74, 6) is -2.34. The van der Waals surface area contributed by atoms with Crippen LogP contribution in [-0.2, 0) is 16.4 Å². The lowest BCUT2D eigenvalue weighted by atomic mass is 9.94. The molecule has 2 aromatic rings. The summed E-state index contributed by atoms with van der Waals surface area (Å²) in [7, 11) is -3.56. The first kappa shape index (κ1) is 22.6. The molecule has 0 bridgehead atoms. The minimum absolute atomic E-state index is 0.0289. The van der Waals surface area contributed by atoms with Crippen LogP contribution in [0.2, 0.25) is 0 Å². The molecule has 10 heteroatoms. The van der Waals surface area contributed by atoms with E-state index in [9.17, 15) is 22.0 Å². The third kappa shape index (κ3) is 4.47. The molecule has 2 aliphatic rings. The number of carbonyl (C=O) groups is 1. The number of fused-ring (bicyclic) bond motifs is 1. The fourth-order valence-corrected chi connectivity index (χ4v) is 5.51. The number of nitrogens with one attached hydrogen (secondary N) is 2. The van der Waals surface area contributed by atoms with Gasteiger partial charge in [0.05, 0.1) is 12.3 Å². The number of piperidine rings is 1. The van der Waals surface area contributed by atoms with Crippen molar-refractivity contribution in [3.8, 4) is 11.1 Å². The molecule has 2 N–H and O–H groups in total. The molecule has 1 heterocycles. The number of nitrogens with zero attached hydrogens (tertiary/aromatic N) is 1. The van der Waals surface area contributed by atoms with Crippen molar-refractivity contribution >= 4 is 16.1 Å². The number of likely N-dealkylation sites (tertiary alicyclic amines) is 1. The van der Waals surface area contributed by atoms with Gasteiger partial charge in [0.15, 0.2) is 0 Å². The molecule has 172 valence electrons. The van der Waals surface area contributed by atoms with Crippen LogP contribution in [0.25, 0.3) is 11.1 Å². The predicted molar refractivity (Wildman–Crippen MR) is 114 cm³/mol. The Morgan fingerprint density at radius 3 is 2.47 bits per heavy atom. The number of carbonyl (C=O) groups excluding carboxylic acids is 1. The van der Waals surface area contributed by atoms with E-state index >= 15 is 4.39 Å². The lowest BCUT2D eigenvalue weighted by Gasteiger charge is -2.32. The van der Waals surface area contributed by atoms with Crippen LogP contribution in [0.1, 0.15) is 18.9 Å². The van der Waals surface area contributed by atoms with E-state index in [1.165, 1.54) is 12.1 Å². The fourth-order valence-electron chi connectivity index (χ4n) is 4.69. The zero-order valence-electron chi connectivity index (χ0n) is 17.6. The second-order valence-corrected chi connectivity index (χ2v) is 10.1. The lowest BCUT2D eigenvalue weighted by molar-refractivity contribution is 0.176. The predicted octanol–water partition coefficient (Wildman–Crippen LogP) is 3.03. The minimum atomic E-state index is -3.56. The van der Waals surface area contributed by atoms with Gasteiger partial charge in [0, 0.05) is 30.3 Å². The maximum atomic E-state index is 15.4. The number of urea groups is 1. The van der Waals surface area contributed by atoms with Gasteiger partial charge in [0.25, 0.3) is 0 Å². The van der Waals surface area contributed by atoms with Gasteiger partial charge in [-0.05, 0) is 48.9 Å². The van der Waals surface area contributed by atoms with E-state index in [-0.39, 0.29) is 41.1 Å². The smallest absolute Gasteiger partial charge is 0.317 e. The molecule has 4 atom stereocenters. The van der Waals surface area contributed by atoms with E-state index in [2.05, 4.69) is 10.0 Å². The van der Waals surface area contributed by atoms with Gasteiger partial charge in [-0.1, -0.05) is 18.2 Å². The Hall–Kier alpha value is -2.59. The first-order valence-electron chi connectivity index (χ1n) is 10.4. The number of hydrogen-bond donors (Lipinski definition) is 2. The first-order valence-corrected chi connectivity index (χ1v) is 12.3. The van der Waals surface area contributed by atoms with Crippen LogP contribution in [0.4, 0.5) is 18.0 Å². The average molecular weight is 468 g/mol. The molecule has 32 heavy (non-hydrogen) atoms. The largest absolute Gasteiger partial charge is 0.338 e. The zero-order chi connectivity index (χ0) is 23.2. The Kier molecular flexibility index (Phi) is 5.93. The number of amides is 2. The zero-order valence-corrected chi connectivity index (χ0v) is 18.4. The van der Waals surface area contributed by atoms with E-state index in [1.54, 1.807) is 17.9 Å². The normalized spacial score (nSPS) is 24.3. The SMILES string of the molecule is CCNC(=O)N1[C@@H]2C[C@@H]2[C@@H](NS(C)(=O)=O)[C@H]1Cc1cccc(-c2cc(F)cc(F)c2)c1F. The highest BCUT2D eigenvalue weighted by atomic mass is 32.2. The third-order valence-electron chi connectivity index (χ3n) is 5.99. The van der Waals surface area contributed by atoms with Gasteiger partial charge >= 0.3 is 6.03 Å². The Labute approximate surface area is 184 Å². The molecule has 2 aromatic carbocycles. The molecule has 0 aromatic heterocycles. The minimum Gasteiger partial charge on any atom is -0.338 e. The van der Waals surface area contributed by atoms with E-state index in [1.807, 2.05) is 0 Å². The molecule has 1 aliphatic heterocycles. The van der Waals surface area contributed by atoms with Gasteiger partial charge in [-0.25, -0.2) is 31.1 Å². The standard InChI is InChI=1S/C22H24F3N3O3S/c1-3-26-22(29)28-18-11-17(18)21(27-32(2,30)31)19(28)9-12-5-4-6-16(20(12)25)13-7-14(23)10-15(24)8-13/h4-8,10,17-19,21,27H,3,9,11H2,1-2H3,(H,26,29)/t17-,18+,19+,21+/m0/s1. The van der Waals surface area contributed by atoms with Crippen LogP contribution >= 0.6 is 0 Å². The molecule has 2 amide bonds. The summed E-state index contributed by atoms with van der Waals surface area (Å²) in [4.78, 5) is 14.3. The van der Waals surface area contributed by atoms with Crippen molar-refractivity contribution in [1.29, 1.82) is 0 Å². The molecular formula is C22H24F3N3O3S. The highest BCUT2D eigenvalue weighted by Gasteiger charge is 2.60. The van der Waals surface area contributed by atoms with Crippen LogP contribution in [0.3, 0.4) is 0 Å². The van der Waals surface area contributed by atoms with E-state index in [4.69, 9.17) is 0 Å². The van der Waals surface area contributed by atoms with Gasteiger partial charge in [-0.3, -0.25) is 0 Å². The topological polar surface area (TPSA) is 78.5 Å². The van der Waals surface area contributed by atoms with Gasteiger partial charge in [-0.15, -0.1) is 0 Å². The first-order chi connectivity index (χ1) is 15.1. The molecule has 6 nitrogen and oxygen atoms in total. The molecule has 0 radical (unpaired) electrons. The van der Waals surface area contributed by atoms with Crippen LogP contribution in [0.15, 0.2) is 36.4 Å². The number of benzene rings is 2. The summed E-state index contributed by atoms with van der Waals surface area (Å²) in [5.41, 5.74) is 0.316. The monoisotopic (exact) mass is 467 g/mol. The second kappa shape index (κ2) is 8.40. The maximum absolute atomic E-state index is 15.4. The van der Waals surface area contributed by atoms with Gasteiger partial charge in [0.1, 0.15) is 17.5 Å². The summed E-state index contributed by atoms with van der Waals surface area (Å²) in [6.07, 6.45) is 1.77. The van der Waals surface area contributed by atoms with Crippen molar-refractivity contribution in [2.45, 2.75) is 37.9 Å². The highest BCUT2D eigenvalue weighted by molar-refractivity contribution is 7.88. The van der Waals surface area contributed by atoms with Crippen molar-refractivity contribution in [2.75, 3.05) is 12.8 Å². The van der Waals surface area contributed by atoms with Gasteiger partial charge in [0.2, 0.25) is 10.0 Å². The van der Waals surface area contributed by atoms with E-state index in [0.717, 1.165) is 18.4 Å². The van der Waals surface area contributed by atoms with Crippen molar-refractivity contribution < 1.29 is 26.4 Å². The highest BCUT2D eigenvalue weighted by Crippen LogP contribution is 2.49. The third-order valence-corrected chi connectivity index (χ3v) is 6.69. The van der Waals surface area contributed by atoms with Gasteiger partial charge < -0.3 is 10.2 Å². The van der Waals surface area contributed by atoms with Crippen molar-refractivity contribution in [1.82, 2.24) is 14.9 Å². The molecular weight excluding hydrogens is 443 g/mol. The summed E-state index contributed by atoms with van der Waals surface area (Å²) in [5, 5.41) is 2.74. The van der Waals surface area contributed by atoms with Crippen molar-refractivity contribution in [3.63, 3.8) is 0 Å². The number of rotatable bonds is 6. The molecule has 0 unspecified atom stereocenters. The molecule has 1 aliphatic carbocycles. The molecule has 0 spiro atoms. The van der Waals surface area contributed by atoms with Crippen LogP contribution in [0.5, 0.6) is 0 Å². The van der Waals surface area contributed by atoms with Crippen molar-refractivity contribution in [2.24, 2.45) is 5.92 Å². The quantitative estimate of drug-likeness (QED) is 0.686. The van der Waals surface area contributed by atoms with E-state index < -0.39 is 39.6 Å². The summed E-state index contributed by atoms with van der Waals surface area (Å²) < 4.78 is 69.3. The van der Waals surface area contributed by atoms with E-state index in [0.29, 0.717) is 19.0 Å². The number of sulfonamides is 1. The van der Waals surface area contributed by atoms with Crippen LogP contribution in [-0.4, -0.2) is 50.3 Å².